The van der Waals surface area contributed by atoms with E-state index in [1.807, 2.05) is 13.8 Å². The van der Waals surface area contributed by atoms with Gasteiger partial charge in [0, 0.05) is 25.2 Å². The molecule has 0 bridgehead atoms. The fourth-order valence-corrected chi connectivity index (χ4v) is 2.10. The van der Waals surface area contributed by atoms with Crippen molar-refractivity contribution in [2.75, 3.05) is 13.1 Å². The van der Waals surface area contributed by atoms with Crippen molar-refractivity contribution in [1.82, 2.24) is 10.6 Å². The molecule has 1 aliphatic carbocycles. The molecule has 2 aliphatic rings. The third-order valence-electron chi connectivity index (χ3n) is 2.82. The lowest BCUT2D eigenvalue weighted by molar-refractivity contribution is -0.116. The maximum atomic E-state index is 11.3. The van der Waals surface area contributed by atoms with Crippen LogP contribution >= 0.6 is 0 Å². The van der Waals surface area contributed by atoms with Gasteiger partial charge < -0.3 is 10.6 Å². The summed E-state index contributed by atoms with van der Waals surface area (Å²) in [5.74, 6) is 1.48. The van der Waals surface area contributed by atoms with Crippen LogP contribution in [0.1, 0.15) is 13.8 Å². The summed E-state index contributed by atoms with van der Waals surface area (Å²) in [6.45, 7) is 6.03. The Morgan fingerprint density at radius 2 is 2.00 bits per heavy atom. The maximum absolute atomic E-state index is 11.3. The molecule has 1 saturated heterocycles. The highest BCUT2D eigenvalue weighted by molar-refractivity contribution is 5.88. The number of nitrogens with one attached hydrogen (secondary N) is 2. The van der Waals surface area contributed by atoms with Gasteiger partial charge >= 0.3 is 0 Å². The number of hydrogen-bond acceptors (Lipinski definition) is 2. The van der Waals surface area contributed by atoms with Crippen LogP contribution in [-0.4, -0.2) is 25.0 Å². The Balaban J connectivity index is 1.81. The second-order valence-electron chi connectivity index (χ2n) is 4.24. The summed E-state index contributed by atoms with van der Waals surface area (Å²) in [4.78, 5) is 11.3. The Labute approximate surface area is 78.6 Å². The summed E-state index contributed by atoms with van der Waals surface area (Å²) in [5.41, 5.74) is 1.06. The summed E-state index contributed by atoms with van der Waals surface area (Å²) in [5, 5.41) is 6.33. The Hall–Kier alpha value is -0.830. The molecule has 2 fully saturated rings. The van der Waals surface area contributed by atoms with Crippen LogP contribution in [0.3, 0.4) is 0 Å². The van der Waals surface area contributed by atoms with Crippen LogP contribution in [-0.2, 0) is 4.79 Å². The van der Waals surface area contributed by atoms with E-state index < -0.39 is 0 Å². The van der Waals surface area contributed by atoms with E-state index in [0.29, 0.717) is 17.9 Å². The second kappa shape index (κ2) is 3.14. The average Bonchev–Trinajstić information content (AvgIpc) is 2.51. The van der Waals surface area contributed by atoms with Crippen molar-refractivity contribution in [1.29, 1.82) is 0 Å². The zero-order chi connectivity index (χ0) is 9.42. The molecule has 1 unspecified atom stereocenters. The van der Waals surface area contributed by atoms with Crippen molar-refractivity contribution >= 4 is 5.91 Å². The molecule has 3 heteroatoms. The number of piperidine rings is 1. The molecule has 13 heavy (non-hydrogen) atoms. The first-order valence-electron chi connectivity index (χ1n) is 4.84. The highest BCUT2D eigenvalue weighted by Gasteiger charge is 2.53. The summed E-state index contributed by atoms with van der Waals surface area (Å²) in [7, 11) is 0. The first kappa shape index (κ1) is 8.75. The van der Waals surface area contributed by atoms with Gasteiger partial charge in [0.15, 0.2) is 0 Å². The predicted octanol–water partition coefficient (Wildman–Crippen LogP) is 0.287. The van der Waals surface area contributed by atoms with Crippen LogP contribution in [0.5, 0.6) is 0 Å². The third-order valence-corrected chi connectivity index (χ3v) is 2.82. The molecule has 0 radical (unpaired) electrons. The quantitative estimate of drug-likeness (QED) is 0.600. The minimum atomic E-state index is 0.0689. The molecule has 0 spiro atoms. The topological polar surface area (TPSA) is 41.1 Å². The van der Waals surface area contributed by atoms with Gasteiger partial charge in [0.1, 0.15) is 0 Å². The van der Waals surface area contributed by atoms with Gasteiger partial charge in [0.05, 0.1) is 0 Å². The Kier molecular flexibility index (Phi) is 2.12. The minimum Gasteiger partial charge on any atom is -0.349 e. The summed E-state index contributed by atoms with van der Waals surface area (Å²) < 4.78 is 0. The molecular formula is C10H16N2O. The summed E-state index contributed by atoms with van der Waals surface area (Å²) >= 11 is 0. The molecule has 0 aromatic heterocycles. The number of allylic oxidation sites excluding steroid dienone is 1. The van der Waals surface area contributed by atoms with Gasteiger partial charge in [-0.15, -0.1) is 0 Å². The summed E-state index contributed by atoms with van der Waals surface area (Å²) in [6, 6.07) is 0.448. The van der Waals surface area contributed by atoms with Gasteiger partial charge in [-0.3, -0.25) is 4.79 Å². The maximum Gasteiger partial charge on any atom is 0.244 e. The molecule has 1 aliphatic heterocycles. The zero-order valence-corrected chi connectivity index (χ0v) is 8.13. The monoisotopic (exact) mass is 180 g/mol. The van der Waals surface area contributed by atoms with Crippen molar-refractivity contribution in [2.45, 2.75) is 19.9 Å². The van der Waals surface area contributed by atoms with E-state index in [1.165, 1.54) is 0 Å². The number of carbonyl (C=O) groups excluding carboxylic acids is 1. The largest absolute Gasteiger partial charge is 0.349 e. The van der Waals surface area contributed by atoms with E-state index in [-0.39, 0.29) is 5.91 Å². The lowest BCUT2D eigenvalue weighted by atomic mass is 10.3. The van der Waals surface area contributed by atoms with Crippen LogP contribution in [0.15, 0.2) is 11.6 Å². The number of fused-ring (bicyclic) bond motifs is 1. The van der Waals surface area contributed by atoms with E-state index in [0.717, 1.165) is 18.7 Å². The van der Waals surface area contributed by atoms with Crippen molar-refractivity contribution < 1.29 is 4.79 Å². The van der Waals surface area contributed by atoms with E-state index in [4.69, 9.17) is 0 Å². The lowest BCUT2D eigenvalue weighted by Gasteiger charge is -2.04. The molecule has 2 rings (SSSR count). The van der Waals surface area contributed by atoms with Crippen LogP contribution in [0.2, 0.25) is 0 Å². The van der Waals surface area contributed by atoms with Crippen molar-refractivity contribution in [3.8, 4) is 0 Å². The first-order chi connectivity index (χ1) is 6.18. The number of amides is 1. The van der Waals surface area contributed by atoms with Crippen LogP contribution in [0.25, 0.3) is 0 Å². The predicted molar refractivity (Wildman–Crippen MR) is 51.2 cm³/mol. The molecule has 1 saturated carbocycles. The van der Waals surface area contributed by atoms with E-state index in [9.17, 15) is 4.79 Å². The smallest absolute Gasteiger partial charge is 0.244 e. The van der Waals surface area contributed by atoms with E-state index >= 15 is 0 Å². The summed E-state index contributed by atoms with van der Waals surface area (Å²) in [6.07, 6.45) is 1.67. The number of rotatable bonds is 2. The Morgan fingerprint density at radius 3 is 2.54 bits per heavy atom. The van der Waals surface area contributed by atoms with Crippen LogP contribution in [0.4, 0.5) is 0 Å². The van der Waals surface area contributed by atoms with Gasteiger partial charge in [-0.2, -0.15) is 0 Å². The number of hydrogen-bond donors (Lipinski definition) is 2. The van der Waals surface area contributed by atoms with Gasteiger partial charge in [-0.05, 0) is 25.7 Å². The molecule has 0 aromatic rings. The number of carbonyl (C=O) groups is 1. The van der Waals surface area contributed by atoms with Gasteiger partial charge in [-0.25, -0.2) is 0 Å². The van der Waals surface area contributed by atoms with Crippen molar-refractivity contribution in [2.24, 2.45) is 11.8 Å². The standard InChI is InChI=1S/C10H16N2O/c1-6(2)3-9(13)12-10-7-4-11-5-8(7)10/h3,7-8,10-11H,4-5H2,1-2H3,(H,12,13)/t7-,8+,10?. The molecule has 2 N–H and O–H groups in total. The highest BCUT2D eigenvalue weighted by Crippen LogP contribution is 2.41. The Morgan fingerprint density at radius 1 is 1.38 bits per heavy atom. The molecule has 3 atom stereocenters. The minimum absolute atomic E-state index is 0.0689. The van der Waals surface area contributed by atoms with E-state index in [1.54, 1.807) is 6.08 Å². The third kappa shape index (κ3) is 1.75. The van der Waals surface area contributed by atoms with Crippen LogP contribution in [0, 0.1) is 11.8 Å². The zero-order valence-electron chi connectivity index (χ0n) is 8.13. The van der Waals surface area contributed by atoms with Crippen molar-refractivity contribution in [3.05, 3.63) is 11.6 Å². The second-order valence-corrected chi connectivity index (χ2v) is 4.24. The van der Waals surface area contributed by atoms with Gasteiger partial charge in [0.2, 0.25) is 5.91 Å². The molecule has 0 aromatic carbocycles. The van der Waals surface area contributed by atoms with Gasteiger partial charge in [-0.1, -0.05) is 5.57 Å². The normalized spacial score (nSPS) is 35.1. The van der Waals surface area contributed by atoms with Gasteiger partial charge in [0.25, 0.3) is 0 Å². The first-order valence-corrected chi connectivity index (χ1v) is 4.84. The molecule has 1 heterocycles. The van der Waals surface area contributed by atoms with E-state index in [2.05, 4.69) is 10.6 Å². The molecule has 1 amide bonds. The molecular weight excluding hydrogens is 164 g/mol. The highest BCUT2D eigenvalue weighted by atomic mass is 16.1. The lowest BCUT2D eigenvalue weighted by Crippen LogP contribution is -2.31. The fourth-order valence-electron chi connectivity index (χ4n) is 2.10. The molecule has 72 valence electrons. The Bertz CT molecular complexity index is 246. The van der Waals surface area contributed by atoms with Crippen molar-refractivity contribution in [3.63, 3.8) is 0 Å². The SMILES string of the molecule is CC(C)=CC(=O)NC1[C@H]2CNC[C@@H]12. The average molecular weight is 180 g/mol. The van der Waals surface area contributed by atoms with Crippen LogP contribution < -0.4 is 10.6 Å². The fraction of sp³-hybridized carbons (Fsp3) is 0.700. The molecule has 3 nitrogen and oxygen atoms in total.